The van der Waals surface area contributed by atoms with Crippen molar-refractivity contribution in [1.29, 1.82) is 0 Å². The summed E-state index contributed by atoms with van der Waals surface area (Å²) in [4.78, 5) is 0. The summed E-state index contributed by atoms with van der Waals surface area (Å²) in [5, 5.41) is 0. The smallest absolute Gasteiger partial charge is 0.0810 e. The van der Waals surface area contributed by atoms with Gasteiger partial charge in [0.2, 0.25) is 0 Å². The monoisotopic (exact) mass is 155 g/mol. The van der Waals surface area contributed by atoms with Gasteiger partial charge in [-0.3, -0.25) is 0 Å². The largest absolute Gasteiger partial charge is 0.344 e. The molecule has 0 aliphatic heterocycles. The Kier molecular flexibility index (Phi) is 447. The van der Waals surface area contributed by atoms with E-state index in [1.807, 2.05) is 0 Å². The van der Waals surface area contributed by atoms with Crippen molar-refractivity contribution >= 4 is 44.6 Å². The van der Waals surface area contributed by atoms with Crippen LogP contribution in [0.4, 0.5) is 0 Å². The van der Waals surface area contributed by atoms with E-state index in [4.69, 9.17) is 0 Å². The third kappa shape index (κ3) is 37.3. The minimum Gasteiger partial charge on any atom is -0.344 e. The molecule has 0 aliphatic rings. The first-order valence-corrected chi connectivity index (χ1v) is 2.60. The van der Waals surface area contributed by atoms with Crippen molar-refractivity contribution in [3.63, 3.8) is 0 Å². The molecular weight excluding hydrogens is 148 g/mol. The molecule has 0 spiro atoms. The van der Waals surface area contributed by atoms with Gasteiger partial charge in [0.25, 0.3) is 0 Å². The van der Waals surface area contributed by atoms with Gasteiger partial charge in [0.15, 0.2) is 0 Å². The lowest BCUT2D eigenvalue weighted by Crippen LogP contribution is -0.481. The third-order valence-electron chi connectivity index (χ3n) is 0. The van der Waals surface area contributed by atoms with Gasteiger partial charge >= 0.3 is 0 Å². The Bertz CT molecular complexity index is 9.61. The van der Waals surface area contributed by atoms with Crippen LogP contribution in [-0.4, -0.2) is 0 Å². The maximum absolute atomic E-state index is 4.11. The maximum atomic E-state index is 4.11. The summed E-state index contributed by atoms with van der Waals surface area (Å²) in [6.07, 6.45) is 0. The number of halogens is 2. The first kappa shape index (κ1) is 34.8. The molecule has 5 heteroatoms. The predicted octanol–water partition coefficient (Wildman–Crippen LogP) is 1.06. The maximum Gasteiger partial charge on any atom is -0.0810 e. The van der Waals surface area contributed by atoms with Crippen LogP contribution in [0.2, 0.25) is 0 Å². The summed E-state index contributed by atoms with van der Waals surface area (Å²) in [6, 6.07) is 0. The fraction of sp³-hybridized carbons (Fsp3) is 0. The summed E-state index contributed by atoms with van der Waals surface area (Å²) in [5.41, 5.74) is 0. The molecule has 0 rings (SSSR count). The van der Waals surface area contributed by atoms with Gasteiger partial charge in [-0.25, -0.2) is 0 Å². The van der Waals surface area contributed by atoms with Gasteiger partial charge in [-0.15, -0.1) is 36.6 Å². The second kappa shape index (κ2) is 64.3. The third-order valence-corrected chi connectivity index (χ3v) is 0. The predicted molar refractivity (Wildman–Crippen MR) is 38.0 cm³/mol. The molecule has 0 radical (unpaired) electrons. The van der Waals surface area contributed by atoms with Crippen molar-refractivity contribution in [2.75, 3.05) is 0 Å². The summed E-state index contributed by atoms with van der Waals surface area (Å²) in [7, 11) is 1.44. The van der Waals surface area contributed by atoms with Crippen LogP contribution in [0.25, 0.3) is 0 Å². The highest BCUT2D eigenvalue weighted by Crippen LogP contribution is 1.26. The van der Waals surface area contributed by atoms with E-state index in [1.165, 1.54) is 8.02 Å². The molecule has 0 aromatic carbocycles. The molecule has 0 saturated heterocycles. The molecule has 0 aliphatic carbocycles. The van der Waals surface area contributed by atoms with Crippen LogP contribution >= 0.6 is 32.8 Å². The Morgan fingerprint density at radius 1 is 1.00 bits per heavy atom. The molecule has 1 atom stereocenters. The first-order chi connectivity index (χ1) is 1.00. The standard InChI is InChI=1S/2ClH.H3N.H3PS/c;;;1-2/h2*1H;1H3;1H3. The van der Waals surface area contributed by atoms with Crippen molar-refractivity contribution in [3.8, 4) is 0 Å². The van der Waals surface area contributed by atoms with Gasteiger partial charge in [0, 0.05) is 0 Å². The van der Waals surface area contributed by atoms with E-state index < -0.39 is 0 Å². The van der Waals surface area contributed by atoms with E-state index >= 15 is 0 Å². The van der Waals surface area contributed by atoms with Crippen molar-refractivity contribution in [1.82, 2.24) is 6.15 Å². The Morgan fingerprint density at radius 3 is 1.00 bits per heavy atom. The zero-order chi connectivity index (χ0) is 2.00. The molecule has 0 heterocycles. The first-order valence-electron chi connectivity index (χ1n) is 0.289. The van der Waals surface area contributed by atoms with Crippen LogP contribution in [0.3, 0.4) is 0 Å². The van der Waals surface area contributed by atoms with E-state index in [0.717, 1.165) is 0 Å². The van der Waals surface area contributed by atoms with E-state index in [9.17, 15) is 0 Å². The molecule has 1 unspecified atom stereocenters. The normalized spacial score (nSPS) is 1.60. The van der Waals surface area contributed by atoms with Gasteiger partial charge in [0.05, 0.1) is 0 Å². The van der Waals surface area contributed by atoms with E-state index in [-0.39, 0.29) is 31.0 Å². The van der Waals surface area contributed by atoms with Gasteiger partial charge in [-0.05, 0) is 0 Å². The SMILES string of the molecule is Cl.Cl.N.[PH3]=S. The van der Waals surface area contributed by atoms with Crippen LogP contribution in [0.1, 0.15) is 0 Å². The molecule has 0 bridgehead atoms. The Balaban J connectivity index is -0.00000000167. The highest BCUT2D eigenvalue weighted by molar-refractivity contribution is 7.88. The lowest BCUT2D eigenvalue weighted by atomic mass is 14.0. The second-order valence-electron chi connectivity index (χ2n) is 0. The fourth-order valence-electron chi connectivity index (χ4n) is 0. The fourth-order valence-corrected chi connectivity index (χ4v) is 0. The molecule has 1 nitrogen and oxygen atoms in total. The van der Waals surface area contributed by atoms with Crippen LogP contribution in [-0.2, 0) is 11.8 Å². The van der Waals surface area contributed by atoms with E-state index in [0.29, 0.717) is 0 Å². The van der Waals surface area contributed by atoms with Crippen molar-refractivity contribution in [2.45, 2.75) is 0 Å². The summed E-state index contributed by atoms with van der Waals surface area (Å²) < 4.78 is 0. The van der Waals surface area contributed by atoms with Gasteiger partial charge < -0.3 is 6.15 Å². The molecular formula is H8Cl2NPS. The van der Waals surface area contributed by atoms with Crippen molar-refractivity contribution in [3.05, 3.63) is 0 Å². The van der Waals surface area contributed by atoms with Crippen molar-refractivity contribution in [2.24, 2.45) is 0 Å². The molecule has 0 amide bonds. The Morgan fingerprint density at radius 2 is 1.00 bits per heavy atom. The minimum absolute atomic E-state index is 0. The Labute approximate surface area is 51.2 Å². The van der Waals surface area contributed by atoms with Crippen LogP contribution in [0, 0.1) is 0 Å². The molecule has 38 valence electrons. The second-order valence-corrected chi connectivity index (χ2v) is 0. The minimum atomic E-state index is 0. The number of hydrogen-bond acceptors (Lipinski definition) is 2. The highest BCUT2D eigenvalue weighted by atomic mass is 35.5. The number of hydrogen-bond donors (Lipinski definition) is 1. The molecule has 0 aromatic rings. The summed E-state index contributed by atoms with van der Waals surface area (Å²) in [6.45, 7) is 0. The molecule has 3 N–H and O–H groups in total. The lowest BCUT2D eigenvalue weighted by Gasteiger charge is -0.802. The zero-order valence-corrected chi connectivity index (χ0v) is 6.50. The molecule has 0 aromatic heterocycles. The summed E-state index contributed by atoms with van der Waals surface area (Å²) in [5.74, 6) is 0. The van der Waals surface area contributed by atoms with E-state index in [2.05, 4.69) is 11.8 Å². The molecule has 0 fully saturated rings. The van der Waals surface area contributed by atoms with Crippen LogP contribution in [0.5, 0.6) is 0 Å². The quantitative estimate of drug-likeness (QED) is 0.532. The highest BCUT2D eigenvalue weighted by Gasteiger charge is 0.613. The zero-order valence-electron chi connectivity index (χ0n) is 2.64. The van der Waals surface area contributed by atoms with Crippen LogP contribution < -0.4 is 6.15 Å². The molecule has 5 heavy (non-hydrogen) atoms. The topological polar surface area (TPSA) is 35.0 Å². The van der Waals surface area contributed by atoms with Gasteiger partial charge in [-0.1, -0.05) is 8.02 Å². The summed E-state index contributed by atoms with van der Waals surface area (Å²) >= 11 is 4.11. The van der Waals surface area contributed by atoms with E-state index in [1.54, 1.807) is 0 Å². The Hall–Kier alpha value is 1.19. The average molecular weight is 156 g/mol. The van der Waals surface area contributed by atoms with Crippen molar-refractivity contribution < 1.29 is 0 Å². The van der Waals surface area contributed by atoms with Gasteiger partial charge in [0.1, 0.15) is 0 Å². The average Bonchev–Trinajstić information content (AvgIpc) is 1.00. The van der Waals surface area contributed by atoms with Gasteiger partial charge in [-0.2, -0.15) is 0 Å². The number of rotatable bonds is 0. The molecule has 0 saturated carbocycles. The van der Waals surface area contributed by atoms with Crippen LogP contribution in [0.15, 0.2) is 0 Å². The lowest BCUT2D eigenvalue weighted by molar-refractivity contribution is 2.13.